The molecule has 1 heterocycles. The predicted molar refractivity (Wildman–Crippen MR) is 70.3 cm³/mol. The third-order valence-electron chi connectivity index (χ3n) is 2.01. The number of aromatic nitrogens is 1. The van der Waals surface area contributed by atoms with Gasteiger partial charge in [-0.25, -0.2) is 4.98 Å². The predicted octanol–water partition coefficient (Wildman–Crippen LogP) is 3.64. The van der Waals surface area contributed by atoms with E-state index in [0.717, 1.165) is 10.7 Å². The lowest BCUT2D eigenvalue weighted by Crippen LogP contribution is -2.02. The highest BCUT2D eigenvalue weighted by Gasteiger charge is 2.05. The molecule has 0 unspecified atom stereocenters. The van der Waals surface area contributed by atoms with Crippen molar-refractivity contribution in [2.24, 2.45) is 0 Å². The number of nitrogens with one attached hydrogen (secondary N) is 1. The average Bonchev–Trinajstić information content (AvgIpc) is 2.74. The lowest BCUT2D eigenvalue weighted by molar-refractivity contribution is 1.10. The number of hydrogen-bond acceptors (Lipinski definition) is 4. The molecular weight excluding hydrogens is 265 g/mol. The average molecular weight is 274 g/mol. The number of rotatable bonds is 3. The third-order valence-corrected chi connectivity index (χ3v) is 3.51. The molecule has 2 rings (SSSR count). The SMILES string of the molecule is Nc1cc(Cl)c(Cl)cc1NCc1nccs1. The van der Waals surface area contributed by atoms with E-state index in [2.05, 4.69) is 10.3 Å². The highest BCUT2D eigenvalue weighted by atomic mass is 35.5. The van der Waals surface area contributed by atoms with E-state index >= 15 is 0 Å². The highest BCUT2D eigenvalue weighted by molar-refractivity contribution is 7.09. The highest BCUT2D eigenvalue weighted by Crippen LogP contribution is 2.30. The van der Waals surface area contributed by atoms with E-state index in [1.165, 1.54) is 0 Å². The zero-order valence-corrected chi connectivity index (χ0v) is 10.5. The third kappa shape index (κ3) is 2.58. The number of benzene rings is 1. The smallest absolute Gasteiger partial charge is 0.112 e. The molecule has 84 valence electrons. The summed E-state index contributed by atoms with van der Waals surface area (Å²) in [6.07, 6.45) is 1.76. The van der Waals surface area contributed by atoms with Crippen LogP contribution in [0.4, 0.5) is 11.4 Å². The molecule has 3 nitrogen and oxygen atoms in total. The first-order chi connectivity index (χ1) is 7.66. The lowest BCUT2D eigenvalue weighted by Gasteiger charge is -2.09. The molecule has 0 aliphatic carbocycles. The van der Waals surface area contributed by atoms with Crippen molar-refractivity contribution < 1.29 is 0 Å². The first-order valence-electron chi connectivity index (χ1n) is 4.53. The van der Waals surface area contributed by atoms with Crippen molar-refractivity contribution in [2.75, 3.05) is 11.1 Å². The van der Waals surface area contributed by atoms with Crippen molar-refractivity contribution in [1.82, 2.24) is 4.98 Å². The topological polar surface area (TPSA) is 50.9 Å². The first kappa shape index (κ1) is 11.5. The Morgan fingerprint density at radius 1 is 1.31 bits per heavy atom. The molecule has 0 saturated heterocycles. The van der Waals surface area contributed by atoms with Gasteiger partial charge in [-0.2, -0.15) is 0 Å². The molecule has 1 aromatic heterocycles. The lowest BCUT2D eigenvalue weighted by atomic mass is 10.2. The molecule has 3 N–H and O–H groups in total. The summed E-state index contributed by atoms with van der Waals surface area (Å²) in [5.41, 5.74) is 7.15. The summed E-state index contributed by atoms with van der Waals surface area (Å²) in [7, 11) is 0. The van der Waals surface area contributed by atoms with Gasteiger partial charge in [-0.1, -0.05) is 23.2 Å². The molecule has 0 saturated carbocycles. The van der Waals surface area contributed by atoms with Crippen LogP contribution < -0.4 is 11.1 Å². The first-order valence-corrected chi connectivity index (χ1v) is 6.17. The Morgan fingerprint density at radius 3 is 2.75 bits per heavy atom. The standard InChI is InChI=1S/C10H9Cl2N3S/c11-6-3-8(13)9(4-7(6)12)15-5-10-14-1-2-16-10/h1-4,15H,5,13H2. The monoisotopic (exact) mass is 273 g/mol. The molecule has 1 aromatic carbocycles. The Morgan fingerprint density at radius 2 is 2.06 bits per heavy atom. The van der Waals surface area contributed by atoms with E-state index in [1.807, 2.05) is 5.38 Å². The fraction of sp³-hybridized carbons (Fsp3) is 0.100. The van der Waals surface area contributed by atoms with Crippen molar-refractivity contribution in [3.63, 3.8) is 0 Å². The van der Waals surface area contributed by atoms with Gasteiger partial charge >= 0.3 is 0 Å². The Bertz CT molecular complexity index is 485. The summed E-state index contributed by atoms with van der Waals surface area (Å²) in [5.74, 6) is 0. The summed E-state index contributed by atoms with van der Waals surface area (Å²) in [4.78, 5) is 4.16. The molecule has 0 aliphatic heterocycles. The van der Waals surface area contributed by atoms with Crippen LogP contribution in [0.1, 0.15) is 5.01 Å². The van der Waals surface area contributed by atoms with Crippen LogP contribution in [-0.4, -0.2) is 4.98 Å². The van der Waals surface area contributed by atoms with Gasteiger partial charge in [0.2, 0.25) is 0 Å². The van der Waals surface area contributed by atoms with Crippen molar-refractivity contribution in [3.05, 3.63) is 38.8 Å². The summed E-state index contributed by atoms with van der Waals surface area (Å²) in [6.45, 7) is 0.625. The number of nitrogens with two attached hydrogens (primary N) is 1. The van der Waals surface area contributed by atoms with Gasteiger partial charge in [0.1, 0.15) is 5.01 Å². The van der Waals surface area contributed by atoms with Gasteiger partial charge in [-0.05, 0) is 12.1 Å². The van der Waals surface area contributed by atoms with Crippen LogP contribution in [0.15, 0.2) is 23.7 Å². The van der Waals surface area contributed by atoms with Crippen molar-refractivity contribution in [2.45, 2.75) is 6.54 Å². The summed E-state index contributed by atoms with van der Waals surface area (Å²) in [6, 6.07) is 3.35. The van der Waals surface area contributed by atoms with E-state index in [-0.39, 0.29) is 0 Å². The molecule has 2 aromatic rings. The van der Waals surface area contributed by atoms with Crippen LogP contribution in [-0.2, 0) is 6.54 Å². The quantitative estimate of drug-likeness (QED) is 0.840. The zero-order chi connectivity index (χ0) is 11.5. The van der Waals surface area contributed by atoms with Gasteiger partial charge in [0.25, 0.3) is 0 Å². The minimum Gasteiger partial charge on any atom is -0.397 e. The Hall–Kier alpha value is -0.970. The largest absolute Gasteiger partial charge is 0.397 e. The fourth-order valence-electron chi connectivity index (χ4n) is 1.23. The summed E-state index contributed by atoms with van der Waals surface area (Å²) < 4.78 is 0. The second-order valence-corrected chi connectivity index (χ2v) is 4.93. The Labute approximate surface area is 107 Å². The number of nitrogen functional groups attached to an aromatic ring is 1. The van der Waals surface area contributed by atoms with Gasteiger partial charge in [0.15, 0.2) is 0 Å². The molecule has 0 amide bonds. The summed E-state index contributed by atoms with van der Waals surface area (Å²) in [5, 5.41) is 7.02. The van der Waals surface area contributed by atoms with Crippen LogP contribution in [0.5, 0.6) is 0 Å². The van der Waals surface area contributed by atoms with Crippen molar-refractivity contribution >= 4 is 45.9 Å². The van der Waals surface area contributed by atoms with Gasteiger partial charge in [-0.15, -0.1) is 11.3 Å². The van der Waals surface area contributed by atoms with Crippen LogP contribution in [0.3, 0.4) is 0 Å². The zero-order valence-electron chi connectivity index (χ0n) is 8.21. The number of thiazole rings is 1. The number of anilines is 2. The van der Waals surface area contributed by atoms with Crippen LogP contribution in [0.2, 0.25) is 10.0 Å². The maximum absolute atomic E-state index is 5.91. The number of nitrogens with zero attached hydrogens (tertiary/aromatic N) is 1. The van der Waals surface area contributed by atoms with Crippen molar-refractivity contribution in [1.29, 1.82) is 0 Å². The molecular formula is C10H9Cl2N3S. The van der Waals surface area contributed by atoms with Gasteiger partial charge in [-0.3, -0.25) is 0 Å². The minimum atomic E-state index is 0.457. The van der Waals surface area contributed by atoms with E-state index < -0.39 is 0 Å². The molecule has 0 atom stereocenters. The Kier molecular flexibility index (Phi) is 3.53. The Balaban J connectivity index is 2.12. The maximum Gasteiger partial charge on any atom is 0.112 e. The normalized spacial score (nSPS) is 10.4. The van der Waals surface area contributed by atoms with E-state index in [0.29, 0.717) is 22.3 Å². The van der Waals surface area contributed by atoms with Gasteiger partial charge in [0, 0.05) is 11.6 Å². The molecule has 0 bridgehead atoms. The second kappa shape index (κ2) is 4.91. The van der Waals surface area contributed by atoms with Crippen molar-refractivity contribution in [3.8, 4) is 0 Å². The molecule has 16 heavy (non-hydrogen) atoms. The molecule has 0 spiro atoms. The molecule has 0 aliphatic rings. The maximum atomic E-state index is 5.91. The second-order valence-electron chi connectivity index (χ2n) is 3.13. The number of halogens is 2. The molecule has 6 heteroatoms. The summed E-state index contributed by atoms with van der Waals surface area (Å²) >= 11 is 13.3. The minimum absolute atomic E-state index is 0.457. The molecule has 0 radical (unpaired) electrons. The molecule has 0 fully saturated rings. The van der Waals surface area contributed by atoms with E-state index in [4.69, 9.17) is 28.9 Å². The fourth-order valence-corrected chi connectivity index (χ4v) is 2.12. The van der Waals surface area contributed by atoms with Gasteiger partial charge < -0.3 is 11.1 Å². The van der Waals surface area contributed by atoms with Crippen LogP contribution in [0.25, 0.3) is 0 Å². The number of hydrogen-bond donors (Lipinski definition) is 2. The van der Waals surface area contributed by atoms with E-state index in [1.54, 1.807) is 29.7 Å². The van der Waals surface area contributed by atoms with Gasteiger partial charge in [0.05, 0.1) is 28.0 Å². The van der Waals surface area contributed by atoms with Crippen LogP contribution >= 0.6 is 34.5 Å². The van der Waals surface area contributed by atoms with Crippen LogP contribution in [0, 0.1) is 0 Å². The van der Waals surface area contributed by atoms with E-state index in [9.17, 15) is 0 Å².